The van der Waals surface area contributed by atoms with Gasteiger partial charge in [0, 0.05) is 11.6 Å². The van der Waals surface area contributed by atoms with Crippen molar-refractivity contribution in [3.8, 4) is 11.5 Å². The molecule has 0 saturated carbocycles. The lowest BCUT2D eigenvalue weighted by atomic mass is 10.2. The van der Waals surface area contributed by atoms with Crippen molar-refractivity contribution in [2.45, 2.75) is 20.0 Å². The van der Waals surface area contributed by atoms with Crippen LogP contribution in [0.1, 0.15) is 18.9 Å². The second kappa shape index (κ2) is 7.35. The first-order valence-electron chi connectivity index (χ1n) is 6.13. The number of benzene rings is 1. The lowest BCUT2D eigenvalue weighted by molar-refractivity contribution is 0.266. The Morgan fingerprint density at radius 3 is 2.58 bits per heavy atom. The summed E-state index contributed by atoms with van der Waals surface area (Å²) in [6.07, 6.45) is 0.601. The van der Waals surface area contributed by atoms with E-state index in [9.17, 15) is 13.5 Å². The fourth-order valence-corrected chi connectivity index (χ4v) is 2.78. The summed E-state index contributed by atoms with van der Waals surface area (Å²) >= 11 is 0. The lowest BCUT2D eigenvalue weighted by Gasteiger charge is -2.11. The summed E-state index contributed by atoms with van der Waals surface area (Å²) < 4.78 is 33.6. The molecule has 19 heavy (non-hydrogen) atoms. The molecule has 1 aromatic rings. The van der Waals surface area contributed by atoms with E-state index in [1.54, 1.807) is 18.2 Å². The van der Waals surface area contributed by atoms with E-state index in [0.717, 1.165) is 0 Å². The zero-order chi connectivity index (χ0) is 14.3. The van der Waals surface area contributed by atoms with E-state index in [1.165, 1.54) is 7.11 Å². The minimum Gasteiger partial charge on any atom is -0.497 e. The van der Waals surface area contributed by atoms with Crippen LogP contribution < -0.4 is 9.47 Å². The maximum Gasteiger partial charge on any atom is 0.153 e. The van der Waals surface area contributed by atoms with E-state index in [-0.39, 0.29) is 24.7 Å². The molecule has 0 aliphatic carbocycles. The van der Waals surface area contributed by atoms with Gasteiger partial charge in [-0.3, -0.25) is 0 Å². The Bertz CT molecular complexity index is 496. The highest BCUT2D eigenvalue weighted by molar-refractivity contribution is 7.91. The number of ether oxygens (including phenoxy) is 2. The van der Waals surface area contributed by atoms with Crippen LogP contribution in [0.5, 0.6) is 11.5 Å². The van der Waals surface area contributed by atoms with Gasteiger partial charge in [0.25, 0.3) is 0 Å². The fourth-order valence-electron chi connectivity index (χ4n) is 1.62. The third-order valence-corrected chi connectivity index (χ3v) is 4.43. The van der Waals surface area contributed by atoms with Gasteiger partial charge in [-0.1, -0.05) is 6.92 Å². The maximum absolute atomic E-state index is 11.5. The Morgan fingerprint density at radius 2 is 2.00 bits per heavy atom. The number of hydrogen-bond acceptors (Lipinski definition) is 5. The minimum atomic E-state index is -3.06. The van der Waals surface area contributed by atoms with Crippen LogP contribution >= 0.6 is 0 Å². The summed E-state index contributed by atoms with van der Waals surface area (Å²) in [6.45, 7) is 1.73. The minimum absolute atomic E-state index is 0.0249. The largest absolute Gasteiger partial charge is 0.497 e. The first-order valence-corrected chi connectivity index (χ1v) is 7.95. The van der Waals surface area contributed by atoms with Gasteiger partial charge in [-0.25, -0.2) is 8.42 Å². The molecule has 0 atom stereocenters. The molecule has 0 bridgehead atoms. The molecular formula is C13H20O5S. The zero-order valence-corrected chi connectivity index (χ0v) is 12.1. The zero-order valence-electron chi connectivity index (χ0n) is 11.3. The molecule has 1 rings (SSSR count). The maximum atomic E-state index is 11.5. The number of hydrogen-bond donors (Lipinski definition) is 1. The number of aliphatic hydroxyl groups excluding tert-OH is 1. The van der Waals surface area contributed by atoms with Crippen molar-refractivity contribution in [1.29, 1.82) is 0 Å². The van der Waals surface area contributed by atoms with E-state index in [2.05, 4.69) is 0 Å². The van der Waals surface area contributed by atoms with Crippen LogP contribution in [0.15, 0.2) is 18.2 Å². The van der Waals surface area contributed by atoms with Gasteiger partial charge in [0.2, 0.25) is 0 Å². The average Bonchev–Trinajstić information content (AvgIpc) is 2.38. The molecule has 0 aromatic heterocycles. The van der Waals surface area contributed by atoms with Crippen molar-refractivity contribution < 1.29 is 23.0 Å². The summed E-state index contributed by atoms with van der Waals surface area (Å²) in [5.74, 6) is 1.20. The first kappa shape index (κ1) is 15.8. The molecule has 1 aromatic carbocycles. The highest BCUT2D eigenvalue weighted by Crippen LogP contribution is 2.24. The lowest BCUT2D eigenvalue weighted by Crippen LogP contribution is -2.17. The number of aliphatic hydroxyl groups is 1. The van der Waals surface area contributed by atoms with Crippen molar-refractivity contribution >= 4 is 9.84 Å². The molecule has 6 heteroatoms. The molecule has 0 heterocycles. The molecule has 0 spiro atoms. The quantitative estimate of drug-likeness (QED) is 0.782. The highest BCUT2D eigenvalue weighted by atomic mass is 32.2. The van der Waals surface area contributed by atoms with Crippen molar-refractivity contribution in [1.82, 2.24) is 0 Å². The van der Waals surface area contributed by atoms with Crippen LogP contribution in [0.25, 0.3) is 0 Å². The Hall–Kier alpha value is -1.27. The Labute approximate surface area is 114 Å². The Kier molecular flexibility index (Phi) is 6.11. The van der Waals surface area contributed by atoms with Crippen LogP contribution in [-0.4, -0.2) is 38.7 Å². The van der Waals surface area contributed by atoms with Crippen molar-refractivity contribution in [2.24, 2.45) is 0 Å². The van der Waals surface area contributed by atoms with Gasteiger partial charge in [0.1, 0.15) is 18.1 Å². The van der Waals surface area contributed by atoms with Crippen molar-refractivity contribution in [3.63, 3.8) is 0 Å². The molecular weight excluding hydrogens is 268 g/mol. The summed E-state index contributed by atoms with van der Waals surface area (Å²) in [5.41, 5.74) is 0.605. The molecule has 0 aliphatic heterocycles. The first-order chi connectivity index (χ1) is 9.02. The predicted molar refractivity (Wildman–Crippen MR) is 73.4 cm³/mol. The van der Waals surface area contributed by atoms with Crippen LogP contribution in [0.3, 0.4) is 0 Å². The Morgan fingerprint density at radius 1 is 1.26 bits per heavy atom. The van der Waals surface area contributed by atoms with E-state index in [1.807, 2.05) is 6.92 Å². The fraction of sp³-hybridized carbons (Fsp3) is 0.538. The van der Waals surface area contributed by atoms with E-state index >= 15 is 0 Å². The van der Waals surface area contributed by atoms with Crippen LogP contribution in [-0.2, 0) is 16.4 Å². The number of rotatable bonds is 8. The molecule has 0 aliphatic rings. The number of sulfone groups is 1. The van der Waals surface area contributed by atoms with Gasteiger partial charge < -0.3 is 14.6 Å². The van der Waals surface area contributed by atoms with Crippen LogP contribution in [0.4, 0.5) is 0 Å². The van der Waals surface area contributed by atoms with E-state index in [4.69, 9.17) is 9.47 Å². The van der Waals surface area contributed by atoms with Crippen molar-refractivity contribution in [3.05, 3.63) is 23.8 Å². The summed E-state index contributed by atoms with van der Waals surface area (Å²) in [5, 5.41) is 9.19. The molecule has 0 fully saturated rings. The number of methoxy groups -OCH3 is 1. The third kappa shape index (κ3) is 5.08. The smallest absolute Gasteiger partial charge is 0.153 e. The molecule has 5 nitrogen and oxygen atoms in total. The van der Waals surface area contributed by atoms with Crippen LogP contribution in [0.2, 0.25) is 0 Å². The van der Waals surface area contributed by atoms with Crippen LogP contribution in [0, 0.1) is 0 Å². The van der Waals surface area contributed by atoms with E-state index < -0.39 is 9.84 Å². The van der Waals surface area contributed by atoms with Gasteiger partial charge in [-0.05, 0) is 18.6 Å². The van der Waals surface area contributed by atoms with Gasteiger partial charge >= 0.3 is 0 Å². The Balaban J connectivity index is 2.66. The topological polar surface area (TPSA) is 72.8 Å². The second-order valence-corrected chi connectivity index (χ2v) is 6.44. The normalized spacial score (nSPS) is 11.3. The third-order valence-electron chi connectivity index (χ3n) is 2.61. The summed E-state index contributed by atoms with van der Waals surface area (Å²) in [7, 11) is -1.52. The molecule has 0 unspecified atom stereocenters. The van der Waals surface area contributed by atoms with Gasteiger partial charge in [0.15, 0.2) is 9.84 Å². The van der Waals surface area contributed by atoms with Gasteiger partial charge in [-0.15, -0.1) is 0 Å². The SMILES string of the molecule is CCCS(=O)(=O)CCOc1cc(OC)ccc1CO. The monoisotopic (exact) mass is 288 g/mol. The standard InChI is InChI=1S/C13H20O5S/c1-3-7-19(15,16)8-6-18-13-9-12(17-2)5-4-11(13)10-14/h4-5,9,14H,3,6-8,10H2,1-2H3. The molecule has 0 radical (unpaired) electrons. The highest BCUT2D eigenvalue weighted by Gasteiger charge is 2.11. The van der Waals surface area contributed by atoms with Crippen molar-refractivity contribution in [2.75, 3.05) is 25.2 Å². The van der Waals surface area contributed by atoms with E-state index in [0.29, 0.717) is 23.5 Å². The predicted octanol–water partition coefficient (Wildman–Crippen LogP) is 1.39. The molecule has 0 amide bonds. The van der Waals surface area contributed by atoms with Gasteiger partial charge in [-0.2, -0.15) is 0 Å². The van der Waals surface area contributed by atoms with Gasteiger partial charge in [0.05, 0.1) is 25.2 Å². The molecule has 108 valence electrons. The average molecular weight is 288 g/mol. The summed E-state index contributed by atoms with van der Waals surface area (Å²) in [4.78, 5) is 0. The summed E-state index contributed by atoms with van der Waals surface area (Å²) in [6, 6.07) is 5.04. The molecule has 1 N–H and O–H groups in total. The molecule has 0 saturated heterocycles. The second-order valence-electron chi connectivity index (χ2n) is 4.13.